The van der Waals surface area contributed by atoms with Crippen molar-refractivity contribution in [2.45, 2.75) is 52.9 Å². The minimum atomic E-state index is -0.499. The molecule has 16 heteroatoms. The van der Waals surface area contributed by atoms with Crippen molar-refractivity contribution < 1.29 is 14.5 Å². The van der Waals surface area contributed by atoms with Gasteiger partial charge in [-0.3, -0.25) is 19.7 Å². The summed E-state index contributed by atoms with van der Waals surface area (Å²) >= 11 is 3.11. The van der Waals surface area contributed by atoms with Crippen LogP contribution in [-0.4, -0.2) is 56.4 Å². The highest BCUT2D eigenvalue weighted by atomic mass is 32.1. The second-order valence-electron chi connectivity index (χ2n) is 12.2. The average Bonchev–Trinajstić information content (AvgIpc) is 3.96. The molecule has 14 nitrogen and oxygen atoms in total. The maximum Gasteiger partial charge on any atom is 0.291 e. The van der Waals surface area contributed by atoms with E-state index in [1.54, 1.807) is 46.5 Å². The smallest absolute Gasteiger partial charge is 0.291 e. The van der Waals surface area contributed by atoms with E-state index < -0.39 is 4.92 Å². The number of hydrogen-bond acceptors (Lipinski definition) is 13. The Morgan fingerprint density at radius 3 is 1.73 bits per heavy atom. The molecule has 262 valence electrons. The van der Waals surface area contributed by atoms with Gasteiger partial charge in [-0.2, -0.15) is 0 Å². The summed E-state index contributed by atoms with van der Waals surface area (Å²) in [5.41, 5.74) is 12.4. The van der Waals surface area contributed by atoms with E-state index in [0.29, 0.717) is 49.1 Å². The molecule has 0 aliphatic carbocycles. The average molecular weight is 733 g/mol. The van der Waals surface area contributed by atoms with Crippen LogP contribution in [0.1, 0.15) is 45.6 Å². The second-order valence-corrected chi connectivity index (χ2v) is 14.1. The van der Waals surface area contributed by atoms with Crippen LogP contribution in [0.5, 0.6) is 0 Å². The Bertz CT molecular complexity index is 2300. The van der Waals surface area contributed by atoms with Gasteiger partial charge in [0.15, 0.2) is 0 Å². The van der Waals surface area contributed by atoms with E-state index in [1.807, 2.05) is 54.1 Å². The largest absolute Gasteiger partial charge is 0.397 e. The summed E-state index contributed by atoms with van der Waals surface area (Å²) in [5.74, 6) is 1.16. The number of thiophene rings is 2. The third kappa shape index (κ3) is 7.52. The second kappa shape index (κ2) is 14.7. The van der Waals surface area contributed by atoms with Gasteiger partial charge in [0.25, 0.3) is 5.69 Å². The van der Waals surface area contributed by atoms with Crippen molar-refractivity contribution in [3.8, 4) is 21.1 Å². The van der Waals surface area contributed by atoms with Crippen molar-refractivity contribution >= 4 is 45.9 Å². The highest BCUT2D eigenvalue weighted by Gasteiger charge is 2.28. The van der Waals surface area contributed by atoms with Gasteiger partial charge in [-0.25, -0.2) is 29.9 Å². The fourth-order valence-electron chi connectivity index (χ4n) is 5.94. The van der Waals surface area contributed by atoms with Gasteiger partial charge >= 0.3 is 0 Å². The molecule has 8 rings (SSSR count). The predicted octanol–water partition coefficient (Wildman–Crippen LogP) is 5.48. The number of amides is 2. The van der Waals surface area contributed by atoms with Crippen LogP contribution < -0.4 is 5.73 Å². The lowest BCUT2D eigenvalue weighted by Gasteiger charge is -2.15. The van der Waals surface area contributed by atoms with Gasteiger partial charge in [-0.1, -0.05) is 12.1 Å². The Hall–Kier alpha value is -6.00. The Morgan fingerprint density at radius 2 is 1.23 bits per heavy atom. The number of hydrogen-bond donors (Lipinski definition) is 1. The summed E-state index contributed by atoms with van der Waals surface area (Å²) in [6.07, 6.45) is 3.58. The Kier molecular flexibility index (Phi) is 9.73. The first-order chi connectivity index (χ1) is 25.1. The fourth-order valence-corrected chi connectivity index (χ4v) is 7.33. The number of rotatable bonds is 7. The number of nitrogen functional groups attached to an aromatic ring is 1. The molecule has 2 aliphatic heterocycles. The zero-order chi connectivity index (χ0) is 36.4. The first-order valence-corrected chi connectivity index (χ1v) is 18.0. The summed E-state index contributed by atoms with van der Waals surface area (Å²) in [6.45, 7) is 5.50. The van der Waals surface area contributed by atoms with Crippen molar-refractivity contribution in [1.82, 2.24) is 39.7 Å². The van der Waals surface area contributed by atoms with Crippen LogP contribution in [0.4, 0.5) is 11.4 Å². The maximum absolute atomic E-state index is 12.8. The number of fused-ring (bicyclic) bond motifs is 2. The maximum atomic E-state index is 12.8. The zero-order valence-electron chi connectivity index (χ0n) is 28.2. The molecule has 2 amide bonds. The molecule has 0 aromatic carbocycles. The van der Waals surface area contributed by atoms with Crippen LogP contribution >= 0.6 is 22.7 Å². The third-order valence-corrected chi connectivity index (χ3v) is 10.4. The molecule has 0 spiro atoms. The molecule has 0 unspecified atom stereocenters. The molecule has 0 saturated carbocycles. The number of aromatic nitrogens is 6. The monoisotopic (exact) mass is 732 g/mol. The zero-order valence-corrected chi connectivity index (χ0v) is 29.9. The van der Waals surface area contributed by atoms with E-state index in [4.69, 9.17) is 5.73 Å². The van der Waals surface area contributed by atoms with Crippen molar-refractivity contribution in [3.63, 3.8) is 0 Å². The van der Waals surface area contributed by atoms with Crippen molar-refractivity contribution in [3.05, 3.63) is 127 Å². The van der Waals surface area contributed by atoms with Crippen LogP contribution in [0.15, 0.2) is 71.7 Å². The summed E-state index contributed by atoms with van der Waals surface area (Å²) in [6, 6.07) is 14.5. The quantitative estimate of drug-likeness (QED) is 0.162. The highest BCUT2D eigenvalue weighted by Crippen LogP contribution is 2.29. The predicted molar refractivity (Wildman–Crippen MR) is 196 cm³/mol. The van der Waals surface area contributed by atoms with E-state index in [1.165, 1.54) is 17.4 Å². The summed E-state index contributed by atoms with van der Waals surface area (Å²) in [5, 5.41) is 15.3. The van der Waals surface area contributed by atoms with Crippen LogP contribution in [0.2, 0.25) is 0 Å². The van der Waals surface area contributed by atoms with Crippen LogP contribution in [0.3, 0.4) is 0 Å². The number of pyridine rings is 2. The molecule has 0 bridgehead atoms. The normalized spacial score (nSPS) is 13.0. The first-order valence-electron chi connectivity index (χ1n) is 16.3. The number of aryl methyl sites for hydroxylation is 2. The minimum Gasteiger partial charge on any atom is -0.397 e. The highest BCUT2D eigenvalue weighted by molar-refractivity contribution is 7.13. The van der Waals surface area contributed by atoms with Gasteiger partial charge in [0.1, 0.15) is 17.3 Å². The molecule has 0 saturated heterocycles. The molecular formula is C36H32N10O4S2. The molecule has 2 aliphatic rings. The number of nitrogens with zero attached hydrogens (tertiary/aromatic N) is 9. The van der Waals surface area contributed by atoms with Gasteiger partial charge < -0.3 is 15.5 Å². The fraction of sp³-hybridized carbons (Fsp3) is 0.222. The lowest BCUT2D eigenvalue weighted by atomic mass is 10.2. The third-order valence-electron chi connectivity index (χ3n) is 8.60. The molecule has 0 radical (unpaired) electrons. The van der Waals surface area contributed by atoms with Crippen LogP contribution in [0.25, 0.3) is 21.1 Å². The first kappa shape index (κ1) is 34.4. The topological polar surface area (TPSA) is 187 Å². The van der Waals surface area contributed by atoms with Crippen molar-refractivity contribution in [2.75, 3.05) is 5.73 Å². The molecule has 52 heavy (non-hydrogen) atoms. The van der Waals surface area contributed by atoms with Gasteiger partial charge in [-0.15, -0.1) is 22.7 Å². The van der Waals surface area contributed by atoms with Gasteiger partial charge in [0.05, 0.1) is 74.8 Å². The Balaban J connectivity index is 0.000000162. The summed E-state index contributed by atoms with van der Waals surface area (Å²) in [4.78, 5) is 67.8. The SMILES string of the molecule is Cc1ncc2c(n1)CN(C(=O)Cc1nc(-c3cccs3)ccc1N)C2.Cc1ncc2c(n1)CN(C(=O)Cc1nc(-c3cccs3)ccc1[N+](=O)[O-])C2. The van der Waals surface area contributed by atoms with Gasteiger partial charge in [0.2, 0.25) is 11.8 Å². The molecule has 6 aromatic heterocycles. The van der Waals surface area contributed by atoms with E-state index in [2.05, 4.69) is 29.9 Å². The molecule has 2 N–H and O–H groups in total. The van der Waals surface area contributed by atoms with E-state index in [9.17, 15) is 19.7 Å². The summed E-state index contributed by atoms with van der Waals surface area (Å²) in [7, 11) is 0. The van der Waals surface area contributed by atoms with E-state index >= 15 is 0 Å². The van der Waals surface area contributed by atoms with Crippen molar-refractivity contribution in [1.29, 1.82) is 0 Å². The lowest BCUT2D eigenvalue weighted by molar-refractivity contribution is -0.385. The number of nitro groups is 1. The number of anilines is 1. The molecule has 0 atom stereocenters. The molecular weight excluding hydrogens is 701 g/mol. The standard InChI is InChI=1S/C18H15N5O3S.C18H17N5OS/c1-11-19-8-12-9-22(10-15(12)20-11)18(24)7-14-16(23(25)26)5-4-13(21-14)17-3-2-6-27-17;1-11-20-8-12-9-23(10-16(12)21-11)18(24)7-15-13(19)4-5-14(22-15)17-3-2-6-25-17/h2-6,8H,7,9-10H2,1H3;2-6,8H,7,9-10,19H2,1H3. The number of carbonyl (C=O) groups is 2. The van der Waals surface area contributed by atoms with E-state index in [-0.39, 0.29) is 36.0 Å². The van der Waals surface area contributed by atoms with Crippen molar-refractivity contribution in [2.24, 2.45) is 0 Å². The van der Waals surface area contributed by atoms with Crippen LogP contribution in [-0.2, 0) is 48.6 Å². The van der Waals surface area contributed by atoms with Gasteiger partial charge in [-0.05, 0) is 54.9 Å². The molecule has 8 heterocycles. The minimum absolute atomic E-state index is 0.00168. The van der Waals surface area contributed by atoms with Crippen LogP contribution in [0, 0.1) is 24.0 Å². The number of nitrogens with two attached hydrogens (primary N) is 1. The Morgan fingerprint density at radius 1 is 0.731 bits per heavy atom. The summed E-state index contributed by atoms with van der Waals surface area (Å²) < 4.78 is 0. The van der Waals surface area contributed by atoms with Gasteiger partial charge in [0, 0.05) is 42.7 Å². The molecule has 0 fully saturated rings. The lowest BCUT2D eigenvalue weighted by Crippen LogP contribution is -2.27. The van der Waals surface area contributed by atoms with E-state index in [0.717, 1.165) is 43.8 Å². The number of carbonyl (C=O) groups excluding carboxylic acids is 2. The molecule has 6 aromatic rings. The Labute approximate surface area is 306 Å².